The van der Waals surface area contributed by atoms with Crippen molar-refractivity contribution in [1.29, 1.82) is 0 Å². The highest BCUT2D eigenvalue weighted by Crippen LogP contribution is 2.19. The van der Waals surface area contributed by atoms with Crippen LogP contribution in [0, 0.1) is 0 Å². The topological polar surface area (TPSA) is 72.0 Å². The molecule has 0 amide bonds. The normalized spacial score (nSPS) is 11.3. The summed E-state index contributed by atoms with van der Waals surface area (Å²) in [5.41, 5.74) is 1.07. The molecule has 19 heavy (non-hydrogen) atoms. The van der Waals surface area contributed by atoms with Gasteiger partial charge in [0.05, 0.1) is 4.90 Å². The Kier molecular flexibility index (Phi) is 4.01. The Hall–Kier alpha value is -1.66. The van der Waals surface area contributed by atoms with Gasteiger partial charge in [-0.15, -0.1) is 0 Å². The van der Waals surface area contributed by atoms with E-state index in [1.165, 1.54) is 12.4 Å². The van der Waals surface area contributed by atoms with E-state index in [0.29, 0.717) is 0 Å². The molecular weight excluding hydrogens is 286 g/mol. The third kappa shape index (κ3) is 3.21. The Morgan fingerprint density at radius 1 is 1.16 bits per heavy atom. The summed E-state index contributed by atoms with van der Waals surface area (Å²) in [5, 5.41) is 0.0104. The van der Waals surface area contributed by atoms with Crippen LogP contribution < -0.4 is 4.72 Å². The second kappa shape index (κ2) is 5.54. The molecule has 0 saturated carbocycles. The largest absolute Gasteiger partial charge is 0.263 e. The second-order valence-corrected chi connectivity index (χ2v) is 5.84. The molecule has 0 radical (unpaired) electrons. The van der Waals surface area contributed by atoms with Crippen molar-refractivity contribution in [2.45, 2.75) is 18.2 Å². The van der Waals surface area contributed by atoms with Crippen LogP contribution in [0.5, 0.6) is 0 Å². The zero-order chi connectivity index (χ0) is 13.9. The van der Waals surface area contributed by atoms with E-state index in [1.54, 1.807) is 24.3 Å². The van der Waals surface area contributed by atoms with Gasteiger partial charge < -0.3 is 0 Å². The summed E-state index contributed by atoms with van der Waals surface area (Å²) < 4.78 is 26.5. The van der Waals surface area contributed by atoms with Crippen LogP contribution in [-0.2, 0) is 16.4 Å². The Labute approximate surface area is 116 Å². The smallest absolute Gasteiger partial charge is 0.261 e. The summed E-state index contributed by atoms with van der Waals surface area (Å²) >= 11 is 5.76. The summed E-state index contributed by atoms with van der Waals surface area (Å²) in [6, 6.07) is 6.64. The van der Waals surface area contributed by atoms with E-state index in [4.69, 9.17) is 11.6 Å². The van der Waals surface area contributed by atoms with E-state index in [1.807, 2.05) is 6.92 Å². The maximum Gasteiger partial charge on any atom is 0.263 e. The van der Waals surface area contributed by atoms with Crippen molar-refractivity contribution in [3.8, 4) is 0 Å². The van der Waals surface area contributed by atoms with Gasteiger partial charge in [0.1, 0.15) is 0 Å². The highest BCUT2D eigenvalue weighted by Gasteiger charge is 2.16. The summed E-state index contributed by atoms with van der Waals surface area (Å²) in [6.07, 6.45) is 3.60. The van der Waals surface area contributed by atoms with Gasteiger partial charge in [-0.25, -0.2) is 18.4 Å². The van der Waals surface area contributed by atoms with Crippen LogP contribution in [0.25, 0.3) is 0 Å². The zero-order valence-corrected chi connectivity index (χ0v) is 11.7. The molecule has 1 N–H and O–H groups in total. The van der Waals surface area contributed by atoms with E-state index in [9.17, 15) is 8.42 Å². The van der Waals surface area contributed by atoms with Gasteiger partial charge in [0.25, 0.3) is 10.0 Å². The minimum Gasteiger partial charge on any atom is -0.261 e. The van der Waals surface area contributed by atoms with Crippen LogP contribution in [0.3, 0.4) is 0 Å². The van der Waals surface area contributed by atoms with Crippen molar-refractivity contribution in [2.75, 3.05) is 4.72 Å². The first kappa shape index (κ1) is 13.8. The molecule has 0 aliphatic heterocycles. The number of aryl methyl sites for hydroxylation is 1. The maximum absolute atomic E-state index is 12.1. The number of rotatable bonds is 4. The zero-order valence-electron chi connectivity index (χ0n) is 10.2. The van der Waals surface area contributed by atoms with Gasteiger partial charge in [0.2, 0.25) is 0 Å². The van der Waals surface area contributed by atoms with Crippen LogP contribution in [-0.4, -0.2) is 18.4 Å². The van der Waals surface area contributed by atoms with Crippen LogP contribution >= 0.6 is 11.6 Å². The first-order valence-electron chi connectivity index (χ1n) is 5.61. The van der Waals surface area contributed by atoms with Gasteiger partial charge in [-0.05, 0) is 24.1 Å². The summed E-state index contributed by atoms with van der Waals surface area (Å²) in [6.45, 7) is 2.00. The third-order valence-corrected chi connectivity index (χ3v) is 4.16. The number of aromatic nitrogens is 2. The van der Waals surface area contributed by atoms with Gasteiger partial charge in [0.15, 0.2) is 11.0 Å². The van der Waals surface area contributed by atoms with Crippen molar-refractivity contribution in [1.82, 2.24) is 9.97 Å². The predicted octanol–water partition coefficient (Wildman–Crippen LogP) is 2.49. The monoisotopic (exact) mass is 297 g/mol. The van der Waals surface area contributed by atoms with E-state index in [2.05, 4.69) is 14.7 Å². The minimum atomic E-state index is -3.70. The van der Waals surface area contributed by atoms with Gasteiger partial charge in [-0.1, -0.05) is 30.7 Å². The Morgan fingerprint density at radius 2 is 1.79 bits per heavy atom. The molecule has 0 unspecified atom stereocenters. The minimum absolute atomic E-state index is 0.0104. The van der Waals surface area contributed by atoms with Gasteiger partial charge in [0, 0.05) is 12.4 Å². The molecule has 0 fully saturated rings. The number of nitrogens with one attached hydrogen (secondary N) is 1. The van der Waals surface area contributed by atoms with Crippen molar-refractivity contribution in [2.24, 2.45) is 0 Å². The van der Waals surface area contributed by atoms with Crippen molar-refractivity contribution in [3.05, 3.63) is 47.4 Å². The van der Waals surface area contributed by atoms with Crippen molar-refractivity contribution >= 4 is 27.4 Å². The first-order valence-corrected chi connectivity index (χ1v) is 7.47. The molecule has 0 spiro atoms. The number of nitrogens with zero attached hydrogens (tertiary/aromatic N) is 2. The van der Waals surface area contributed by atoms with Crippen LogP contribution in [0.15, 0.2) is 41.6 Å². The fraction of sp³-hybridized carbons (Fsp3) is 0.167. The van der Waals surface area contributed by atoms with E-state index < -0.39 is 10.0 Å². The summed E-state index contributed by atoms with van der Waals surface area (Å²) in [4.78, 5) is 7.76. The molecule has 1 aromatic carbocycles. The lowest BCUT2D eigenvalue weighted by Gasteiger charge is -2.08. The molecule has 0 aliphatic carbocycles. The van der Waals surface area contributed by atoms with E-state index >= 15 is 0 Å². The number of hydrogen-bond acceptors (Lipinski definition) is 4. The molecule has 0 saturated heterocycles. The molecule has 5 nitrogen and oxygen atoms in total. The van der Waals surface area contributed by atoms with Crippen molar-refractivity contribution in [3.63, 3.8) is 0 Å². The quantitative estimate of drug-likeness (QED) is 0.941. The molecule has 1 heterocycles. The van der Waals surface area contributed by atoms with Crippen molar-refractivity contribution < 1.29 is 8.42 Å². The number of halogens is 1. The maximum atomic E-state index is 12.1. The van der Waals surface area contributed by atoms with Crippen LogP contribution in [0.2, 0.25) is 5.15 Å². The predicted molar refractivity (Wildman–Crippen MR) is 73.7 cm³/mol. The third-order valence-electron chi connectivity index (χ3n) is 2.53. The average molecular weight is 298 g/mol. The molecule has 0 bridgehead atoms. The fourth-order valence-corrected chi connectivity index (χ4v) is 2.70. The molecule has 2 rings (SSSR count). The molecule has 0 aliphatic rings. The van der Waals surface area contributed by atoms with Gasteiger partial charge in [-0.2, -0.15) is 0 Å². The lowest BCUT2D eigenvalue weighted by Crippen LogP contribution is -2.14. The highest BCUT2D eigenvalue weighted by atomic mass is 35.5. The lowest BCUT2D eigenvalue weighted by molar-refractivity contribution is 0.601. The molecule has 100 valence electrons. The first-order chi connectivity index (χ1) is 9.03. The summed E-state index contributed by atoms with van der Waals surface area (Å²) in [7, 11) is -3.70. The lowest BCUT2D eigenvalue weighted by atomic mass is 10.2. The molecule has 2 aromatic rings. The van der Waals surface area contributed by atoms with E-state index in [0.717, 1.165) is 12.0 Å². The molecule has 0 atom stereocenters. The average Bonchev–Trinajstić information content (AvgIpc) is 2.41. The molecular formula is C12H12ClN3O2S. The summed E-state index contributed by atoms with van der Waals surface area (Å²) in [5.74, 6) is 0.0173. The number of benzene rings is 1. The number of hydrogen-bond donors (Lipinski definition) is 1. The SMILES string of the molecule is CCc1ccc(S(=O)(=O)Nc2nccnc2Cl)cc1. The highest BCUT2D eigenvalue weighted by molar-refractivity contribution is 7.92. The Morgan fingerprint density at radius 3 is 2.37 bits per heavy atom. The Balaban J connectivity index is 2.30. The standard InChI is InChI=1S/C12H12ClN3O2S/c1-2-9-3-5-10(6-4-9)19(17,18)16-12-11(13)14-7-8-15-12/h3-8H,2H2,1H3,(H,15,16). The van der Waals surface area contributed by atoms with E-state index in [-0.39, 0.29) is 15.9 Å². The molecule has 7 heteroatoms. The second-order valence-electron chi connectivity index (χ2n) is 3.80. The Bertz CT molecular complexity index is 672. The van der Waals surface area contributed by atoms with Gasteiger partial charge >= 0.3 is 0 Å². The number of sulfonamides is 1. The van der Waals surface area contributed by atoms with Crippen LogP contribution in [0.4, 0.5) is 5.82 Å². The van der Waals surface area contributed by atoms with Crippen LogP contribution in [0.1, 0.15) is 12.5 Å². The number of anilines is 1. The van der Waals surface area contributed by atoms with Gasteiger partial charge in [-0.3, -0.25) is 4.72 Å². The fourth-order valence-electron chi connectivity index (χ4n) is 1.48. The molecule has 1 aromatic heterocycles.